The van der Waals surface area contributed by atoms with Crippen LogP contribution in [0.1, 0.15) is 25.0 Å². The Hall–Kier alpha value is -2.17. The Morgan fingerprint density at radius 1 is 0.909 bits per heavy atom. The highest BCUT2D eigenvalue weighted by molar-refractivity contribution is 5.30. The summed E-state index contributed by atoms with van der Waals surface area (Å²) in [5, 5.41) is 0. The molecule has 2 aromatic rings. The zero-order chi connectivity index (χ0) is 16.6. The molecule has 0 atom stereocenters. The Bertz CT molecular complexity index is 563. The van der Waals surface area contributed by atoms with Gasteiger partial charge in [0.15, 0.2) is 0 Å². The van der Waals surface area contributed by atoms with E-state index >= 15 is 0 Å². The molecule has 2 aromatic carbocycles. The molecule has 0 bridgehead atoms. The predicted octanol–water partition coefficient (Wildman–Crippen LogP) is 5.50. The topological polar surface area (TPSA) is 18.5 Å². The first-order chi connectivity index (χ1) is 10.4. The molecule has 0 aliphatic carbocycles. The predicted molar refractivity (Wildman–Crippen MR) is 80.0 cm³/mol. The Balaban J connectivity index is 0.00000116. The van der Waals surface area contributed by atoms with Gasteiger partial charge in [0.25, 0.3) is 0 Å². The molecule has 0 N–H and O–H groups in total. The van der Waals surface area contributed by atoms with Crippen molar-refractivity contribution in [3.8, 4) is 11.5 Å². The van der Waals surface area contributed by atoms with E-state index in [1.165, 1.54) is 18.2 Å². The van der Waals surface area contributed by atoms with Gasteiger partial charge in [-0.05, 0) is 36.8 Å². The van der Waals surface area contributed by atoms with E-state index in [1.54, 1.807) is 6.07 Å². The highest BCUT2D eigenvalue weighted by atomic mass is 19.4. The average molecular weight is 312 g/mol. The van der Waals surface area contributed by atoms with Crippen molar-refractivity contribution in [2.75, 3.05) is 0 Å². The van der Waals surface area contributed by atoms with Crippen LogP contribution >= 0.6 is 0 Å². The Morgan fingerprint density at radius 3 is 2.14 bits per heavy atom. The number of hydrogen-bond acceptors (Lipinski definition) is 2. The Kier molecular flexibility index (Phi) is 6.76. The summed E-state index contributed by atoms with van der Waals surface area (Å²) in [7, 11) is 0. The maximum absolute atomic E-state index is 12.1. The van der Waals surface area contributed by atoms with Crippen LogP contribution in [0.2, 0.25) is 0 Å². The molecule has 0 fully saturated rings. The number of halogens is 3. The van der Waals surface area contributed by atoms with E-state index in [0.717, 1.165) is 5.56 Å². The van der Waals surface area contributed by atoms with Crippen molar-refractivity contribution >= 4 is 0 Å². The maximum atomic E-state index is 12.1. The molecule has 0 radical (unpaired) electrons. The lowest BCUT2D eigenvalue weighted by atomic mass is 10.2. The van der Waals surface area contributed by atoms with Crippen molar-refractivity contribution in [1.82, 2.24) is 0 Å². The quantitative estimate of drug-likeness (QED) is 0.742. The Morgan fingerprint density at radius 2 is 1.55 bits per heavy atom. The molecule has 5 heteroatoms. The van der Waals surface area contributed by atoms with Crippen LogP contribution in [-0.4, -0.2) is 6.36 Å². The van der Waals surface area contributed by atoms with Crippen LogP contribution in [-0.2, 0) is 6.61 Å². The van der Waals surface area contributed by atoms with Crippen molar-refractivity contribution in [3.63, 3.8) is 0 Å². The zero-order valence-corrected chi connectivity index (χ0v) is 12.8. The van der Waals surface area contributed by atoms with Gasteiger partial charge < -0.3 is 9.47 Å². The summed E-state index contributed by atoms with van der Waals surface area (Å²) in [5.74, 6) is 0.417. The fraction of sp³-hybridized carbons (Fsp3) is 0.294. The lowest BCUT2D eigenvalue weighted by molar-refractivity contribution is -0.274. The van der Waals surface area contributed by atoms with Gasteiger partial charge in [0.1, 0.15) is 18.1 Å². The lowest BCUT2D eigenvalue weighted by Gasteiger charge is -2.11. The molecule has 0 unspecified atom stereocenters. The highest BCUT2D eigenvalue weighted by Gasteiger charge is 2.31. The number of hydrogen-bond donors (Lipinski definition) is 0. The number of benzene rings is 2. The second-order valence-corrected chi connectivity index (χ2v) is 4.30. The molecule has 120 valence electrons. The molecule has 0 heterocycles. The van der Waals surface area contributed by atoms with Gasteiger partial charge >= 0.3 is 6.36 Å². The first-order valence-corrected chi connectivity index (χ1v) is 6.96. The van der Waals surface area contributed by atoms with Gasteiger partial charge in [-0.15, -0.1) is 13.2 Å². The third-order valence-corrected chi connectivity index (χ3v) is 2.56. The minimum absolute atomic E-state index is 0.179. The van der Waals surface area contributed by atoms with Crippen LogP contribution in [0.15, 0.2) is 48.5 Å². The molecular formula is C17H19F3O2. The smallest absolute Gasteiger partial charge is 0.489 e. The molecular weight excluding hydrogens is 293 g/mol. The van der Waals surface area contributed by atoms with Crippen molar-refractivity contribution in [2.45, 2.75) is 33.7 Å². The molecule has 0 saturated heterocycles. The minimum atomic E-state index is -4.68. The van der Waals surface area contributed by atoms with Gasteiger partial charge in [0.05, 0.1) is 0 Å². The summed E-state index contributed by atoms with van der Waals surface area (Å²) in [6, 6.07) is 13.2. The van der Waals surface area contributed by atoms with Crippen molar-refractivity contribution in [1.29, 1.82) is 0 Å². The van der Waals surface area contributed by atoms with Crippen LogP contribution in [0.25, 0.3) is 0 Å². The third kappa shape index (κ3) is 6.52. The van der Waals surface area contributed by atoms with Gasteiger partial charge in [-0.1, -0.05) is 43.7 Å². The fourth-order valence-corrected chi connectivity index (χ4v) is 1.63. The molecule has 2 nitrogen and oxygen atoms in total. The second kappa shape index (κ2) is 8.32. The van der Waals surface area contributed by atoms with E-state index in [-0.39, 0.29) is 12.4 Å². The highest BCUT2D eigenvalue weighted by Crippen LogP contribution is 2.24. The molecule has 0 aromatic heterocycles. The van der Waals surface area contributed by atoms with Gasteiger partial charge in [-0.25, -0.2) is 0 Å². The van der Waals surface area contributed by atoms with E-state index in [0.29, 0.717) is 11.3 Å². The maximum Gasteiger partial charge on any atom is 0.573 e. The van der Waals surface area contributed by atoms with Crippen molar-refractivity contribution in [2.24, 2.45) is 0 Å². The second-order valence-electron chi connectivity index (χ2n) is 4.30. The SMILES string of the molecule is CC.Cc1ccc(OCc2cccc(OC(F)(F)F)c2)cc1. The molecule has 0 aliphatic rings. The summed E-state index contributed by atoms with van der Waals surface area (Å²) in [5.41, 5.74) is 1.71. The van der Waals surface area contributed by atoms with Crippen molar-refractivity contribution < 1.29 is 22.6 Å². The first kappa shape index (κ1) is 17.9. The zero-order valence-electron chi connectivity index (χ0n) is 12.8. The number of ether oxygens (including phenoxy) is 2. The third-order valence-electron chi connectivity index (χ3n) is 2.56. The van der Waals surface area contributed by atoms with Gasteiger partial charge in [0, 0.05) is 0 Å². The minimum Gasteiger partial charge on any atom is -0.489 e. The molecule has 0 aliphatic heterocycles. The molecule has 0 spiro atoms. The van der Waals surface area contributed by atoms with Gasteiger partial charge in [-0.3, -0.25) is 0 Å². The van der Waals surface area contributed by atoms with Crippen LogP contribution in [0, 0.1) is 6.92 Å². The number of aryl methyl sites for hydroxylation is 1. The molecule has 22 heavy (non-hydrogen) atoms. The van der Waals surface area contributed by atoms with Gasteiger partial charge in [0.2, 0.25) is 0 Å². The largest absolute Gasteiger partial charge is 0.573 e. The summed E-state index contributed by atoms with van der Waals surface area (Å²) in [6.07, 6.45) is -4.68. The van der Waals surface area contributed by atoms with Crippen molar-refractivity contribution in [3.05, 3.63) is 59.7 Å². The normalized spacial score (nSPS) is 10.5. The monoisotopic (exact) mass is 312 g/mol. The number of rotatable bonds is 4. The average Bonchev–Trinajstić information content (AvgIpc) is 2.47. The van der Waals surface area contributed by atoms with Crippen LogP contribution in [0.3, 0.4) is 0 Å². The van der Waals surface area contributed by atoms with E-state index in [9.17, 15) is 13.2 Å². The summed E-state index contributed by atoms with van der Waals surface area (Å²) < 4.78 is 45.7. The summed E-state index contributed by atoms with van der Waals surface area (Å²) >= 11 is 0. The van der Waals surface area contributed by atoms with E-state index in [4.69, 9.17) is 4.74 Å². The molecule has 2 rings (SSSR count). The van der Waals surface area contributed by atoms with Gasteiger partial charge in [-0.2, -0.15) is 0 Å². The summed E-state index contributed by atoms with van der Waals surface area (Å²) in [6.45, 7) is 6.14. The standard InChI is InChI=1S/C15H13F3O2.C2H6/c1-11-5-7-13(8-6-11)19-10-12-3-2-4-14(9-12)20-15(16,17)18;1-2/h2-9H,10H2,1H3;1-2H3. The van der Waals surface area contributed by atoms with Crippen LogP contribution < -0.4 is 9.47 Å². The van der Waals surface area contributed by atoms with Crippen LogP contribution in [0.5, 0.6) is 11.5 Å². The number of alkyl halides is 3. The Labute approximate surface area is 128 Å². The molecule has 0 saturated carbocycles. The summed E-state index contributed by atoms with van der Waals surface area (Å²) in [4.78, 5) is 0. The lowest BCUT2D eigenvalue weighted by Crippen LogP contribution is -2.17. The first-order valence-electron chi connectivity index (χ1n) is 6.96. The van der Waals surface area contributed by atoms with E-state index in [1.807, 2.05) is 45.0 Å². The molecule has 0 amide bonds. The van der Waals surface area contributed by atoms with Crippen LogP contribution in [0.4, 0.5) is 13.2 Å². The van der Waals surface area contributed by atoms with E-state index < -0.39 is 6.36 Å². The van der Waals surface area contributed by atoms with E-state index in [2.05, 4.69) is 4.74 Å². The fourth-order valence-electron chi connectivity index (χ4n) is 1.63.